The maximum absolute atomic E-state index is 11.1. The molecule has 0 saturated heterocycles. The highest BCUT2D eigenvalue weighted by atomic mass is 16.6. The highest BCUT2D eigenvalue weighted by Gasteiger charge is 2.15. The molecule has 0 bridgehead atoms. The lowest BCUT2D eigenvalue weighted by atomic mass is 10.1. The minimum atomic E-state index is -0.387. The third-order valence-corrected chi connectivity index (χ3v) is 1.22. The van der Waals surface area contributed by atoms with E-state index >= 15 is 0 Å². The highest BCUT2D eigenvalue weighted by molar-refractivity contribution is 6.08. The molecule has 13 heavy (non-hydrogen) atoms. The van der Waals surface area contributed by atoms with Crippen LogP contribution < -0.4 is 0 Å². The summed E-state index contributed by atoms with van der Waals surface area (Å²) in [6.45, 7) is 6.75. The highest BCUT2D eigenvalue weighted by Crippen LogP contribution is 2.07. The van der Waals surface area contributed by atoms with Gasteiger partial charge in [0.1, 0.15) is 13.4 Å². The average Bonchev–Trinajstić information content (AvgIpc) is 1.94. The molecule has 0 rings (SSSR count). The van der Waals surface area contributed by atoms with Gasteiger partial charge >= 0.3 is 5.97 Å². The summed E-state index contributed by atoms with van der Waals surface area (Å²) in [7, 11) is 2.04. The second-order valence-corrected chi connectivity index (χ2v) is 3.95. The van der Waals surface area contributed by atoms with E-state index in [2.05, 4.69) is 0 Å². The van der Waals surface area contributed by atoms with E-state index in [9.17, 15) is 4.79 Å². The van der Waals surface area contributed by atoms with Gasteiger partial charge in [0.05, 0.1) is 13.0 Å². The quantitative estimate of drug-likeness (QED) is 0.361. The van der Waals surface area contributed by atoms with E-state index in [1.54, 1.807) is 0 Å². The molecule has 0 spiro atoms. The minimum Gasteiger partial charge on any atom is -0.460 e. The summed E-state index contributed by atoms with van der Waals surface area (Å²) in [5.41, 5.74) is -0.387. The monoisotopic (exact) mass is 186 g/mol. The lowest BCUT2D eigenvalue weighted by Gasteiger charge is -2.19. The molecule has 0 fully saturated rings. The molecule has 3 nitrogen and oxygen atoms in total. The lowest BCUT2D eigenvalue weighted by molar-refractivity contribution is -0.155. The minimum absolute atomic E-state index is 0.191. The van der Waals surface area contributed by atoms with E-state index < -0.39 is 0 Å². The van der Waals surface area contributed by atoms with Crippen LogP contribution in [0.15, 0.2) is 0 Å². The zero-order chi connectivity index (χ0) is 10.3. The number of carbonyl (C=O) groups excluding carboxylic acids is 1. The fraction of sp³-hybridized carbons (Fsp3) is 0.889. The number of carbonyl (C=O) groups is 1. The fourth-order valence-electron chi connectivity index (χ4n) is 0.794. The summed E-state index contributed by atoms with van der Waals surface area (Å²) in [6.07, 6.45) is 1.32. The number of hydrogen-bond acceptors (Lipinski definition) is 3. The van der Waals surface area contributed by atoms with Crippen molar-refractivity contribution in [2.24, 2.45) is 0 Å². The van der Waals surface area contributed by atoms with Crippen molar-refractivity contribution in [3.63, 3.8) is 0 Å². The summed E-state index contributed by atoms with van der Waals surface area (Å²) in [4.78, 5) is 11.1. The van der Waals surface area contributed by atoms with Crippen molar-refractivity contribution in [2.75, 3.05) is 13.2 Å². The van der Waals surface area contributed by atoms with Crippen LogP contribution in [0.5, 0.6) is 0 Å². The summed E-state index contributed by atoms with van der Waals surface area (Å²) in [5.74, 6) is -0.191. The van der Waals surface area contributed by atoms with Gasteiger partial charge in [0.15, 0.2) is 0 Å². The molecule has 0 radical (unpaired) electrons. The van der Waals surface area contributed by atoms with Crippen LogP contribution in [0, 0.1) is 0 Å². The van der Waals surface area contributed by atoms with Gasteiger partial charge in [0.25, 0.3) is 0 Å². The molecular weight excluding hydrogens is 167 g/mol. The zero-order valence-corrected chi connectivity index (χ0v) is 9.05. The maximum Gasteiger partial charge on any atom is 0.308 e. The van der Waals surface area contributed by atoms with E-state index in [0.29, 0.717) is 19.6 Å². The second kappa shape index (κ2) is 6.03. The Morgan fingerprint density at radius 3 is 2.38 bits per heavy atom. The number of ether oxygens (including phenoxy) is 2. The molecule has 0 aromatic heterocycles. The second-order valence-electron chi connectivity index (χ2n) is 3.95. The predicted molar refractivity (Wildman–Crippen MR) is 54.6 cm³/mol. The smallest absolute Gasteiger partial charge is 0.308 e. The van der Waals surface area contributed by atoms with Crippen molar-refractivity contribution < 1.29 is 14.3 Å². The number of rotatable bonds is 5. The zero-order valence-electron chi connectivity index (χ0n) is 9.05. The maximum atomic E-state index is 11.1. The van der Waals surface area contributed by atoms with Gasteiger partial charge in [-0.15, -0.1) is 0 Å². The molecule has 0 aliphatic heterocycles. The van der Waals surface area contributed by atoms with Gasteiger partial charge in [-0.2, -0.15) is 0 Å². The Labute approximate surface area is 81.2 Å². The topological polar surface area (TPSA) is 35.5 Å². The molecule has 0 aliphatic carbocycles. The molecule has 0 amide bonds. The van der Waals surface area contributed by atoms with Crippen molar-refractivity contribution in [3.8, 4) is 0 Å². The van der Waals surface area contributed by atoms with Crippen LogP contribution in [0.1, 0.15) is 27.2 Å². The Morgan fingerprint density at radius 2 is 1.92 bits per heavy atom. The number of hydrogen-bond donors (Lipinski definition) is 0. The van der Waals surface area contributed by atoms with Gasteiger partial charge in [-0.25, -0.2) is 0 Å². The van der Waals surface area contributed by atoms with E-state index in [0.717, 1.165) is 6.32 Å². The third kappa shape index (κ3) is 9.41. The molecule has 0 aliphatic rings. The third-order valence-electron chi connectivity index (χ3n) is 1.22. The van der Waals surface area contributed by atoms with E-state index in [1.807, 2.05) is 28.6 Å². The van der Waals surface area contributed by atoms with Crippen LogP contribution in [0.3, 0.4) is 0 Å². The molecular formula is C9H19BO3. The van der Waals surface area contributed by atoms with Crippen LogP contribution >= 0.6 is 0 Å². The molecule has 0 atom stereocenters. The van der Waals surface area contributed by atoms with Crippen LogP contribution in [0.2, 0.25) is 6.32 Å². The van der Waals surface area contributed by atoms with Crippen LogP contribution in [0.25, 0.3) is 0 Å². The van der Waals surface area contributed by atoms with E-state index in [1.165, 1.54) is 0 Å². The van der Waals surface area contributed by atoms with Crippen molar-refractivity contribution in [1.29, 1.82) is 0 Å². The van der Waals surface area contributed by atoms with E-state index in [4.69, 9.17) is 9.47 Å². The molecule has 0 N–H and O–H groups in total. The Hall–Kier alpha value is -0.505. The summed E-state index contributed by atoms with van der Waals surface area (Å²) < 4.78 is 10.3. The van der Waals surface area contributed by atoms with Gasteiger partial charge in [-0.3, -0.25) is 4.79 Å². The Morgan fingerprint density at radius 1 is 1.31 bits per heavy atom. The first-order valence-electron chi connectivity index (χ1n) is 4.75. The molecule has 76 valence electrons. The first-order valence-corrected chi connectivity index (χ1v) is 4.75. The van der Waals surface area contributed by atoms with Gasteiger partial charge in [0.2, 0.25) is 0 Å². The summed E-state index contributed by atoms with van der Waals surface area (Å²) in [5, 5.41) is 0. The molecule has 0 heterocycles. The Bertz CT molecular complexity index is 151. The SMILES string of the molecule is BCCOCCC(=O)OC(C)(C)C. The van der Waals surface area contributed by atoms with Gasteiger partial charge in [-0.1, -0.05) is 6.32 Å². The summed E-state index contributed by atoms with van der Waals surface area (Å²) in [6, 6.07) is 0. The van der Waals surface area contributed by atoms with Gasteiger partial charge in [0, 0.05) is 6.61 Å². The van der Waals surface area contributed by atoms with Gasteiger partial charge in [-0.05, 0) is 20.8 Å². The predicted octanol–water partition coefficient (Wildman–Crippen LogP) is 0.786. The largest absolute Gasteiger partial charge is 0.460 e. The number of esters is 1. The molecule has 4 heteroatoms. The fourth-order valence-corrected chi connectivity index (χ4v) is 0.794. The van der Waals surface area contributed by atoms with Crippen molar-refractivity contribution >= 4 is 13.8 Å². The normalized spacial score (nSPS) is 11.3. The standard InChI is InChI=1S/C9H19BO3/c1-9(2,3)13-8(11)4-6-12-7-5-10/h4-7,10H2,1-3H3. The summed E-state index contributed by atoms with van der Waals surface area (Å²) >= 11 is 0. The van der Waals surface area contributed by atoms with Crippen molar-refractivity contribution in [1.82, 2.24) is 0 Å². The Kier molecular flexibility index (Phi) is 5.79. The van der Waals surface area contributed by atoms with Crippen LogP contribution in [0.4, 0.5) is 0 Å². The molecule has 0 saturated carbocycles. The lowest BCUT2D eigenvalue weighted by Crippen LogP contribution is -2.24. The average molecular weight is 186 g/mol. The van der Waals surface area contributed by atoms with Crippen LogP contribution in [-0.4, -0.2) is 32.6 Å². The van der Waals surface area contributed by atoms with Crippen molar-refractivity contribution in [3.05, 3.63) is 0 Å². The van der Waals surface area contributed by atoms with E-state index in [-0.39, 0.29) is 11.6 Å². The Balaban J connectivity index is 3.41. The van der Waals surface area contributed by atoms with Crippen LogP contribution in [-0.2, 0) is 14.3 Å². The molecule has 0 aromatic rings. The molecule has 0 aromatic carbocycles. The van der Waals surface area contributed by atoms with Crippen molar-refractivity contribution in [2.45, 2.75) is 39.1 Å². The first kappa shape index (κ1) is 12.5. The molecule has 0 unspecified atom stereocenters. The first-order chi connectivity index (χ1) is 5.95. The van der Waals surface area contributed by atoms with Gasteiger partial charge < -0.3 is 9.47 Å².